The molecule has 0 radical (unpaired) electrons. The van der Waals surface area contributed by atoms with Gasteiger partial charge < -0.3 is 19.7 Å². The number of urea groups is 1. The van der Waals surface area contributed by atoms with Crippen molar-refractivity contribution in [3.05, 3.63) is 24.2 Å². The summed E-state index contributed by atoms with van der Waals surface area (Å²) in [6.45, 7) is 1.60. The number of rotatable bonds is 4. The number of furan rings is 1. The number of piperidine rings is 1. The molecule has 6 heteroatoms. The number of hydrogen-bond donors (Lipinski definition) is 2. The first-order valence-corrected chi connectivity index (χ1v) is 6.98. The Kier molecular flexibility index (Phi) is 5.03. The van der Waals surface area contributed by atoms with E-state index in [1.165, 1.54) is 0 Å². The van der Waals surface area contributed by atoms with E-state index >= 15 is 0 Å². The summed E-state index contributed by atoms with van der Waals surface area (Å²) >= 11 is 0. The summed E-state index contributed by atoms with van der Waals surface area (Å²) < 4.78 is 5.41. The first kappa shape index (κ1) is 14.9. The number of amides is 2. The quantitative estimate of drug-likeness (QED) is 0.865. The summed E-state index contributed by atoms with van der Waals surface area (Å²) in [5.41, 5.74) is 0. The predicted octanol–water partition coefficient (Wildman–Crippen LogP) is 1.05. The van der Waals surface area contributed by atoms with E-state index < -0.39 is 6.10 Å². The van der Waals surface area contributed by atoms with Gasteiger partial charge in [0.05, 0.1) is 18.4 Å². The van der Waals surface area contributed by atoms with E-state index in [-0.39, 0.29) is 12.1 Å². The number of nitrogens with zero attached hydrogens (tertiary/aromatic N) is 2. The molecular formula is C14H23N3O3. The van der Waals surface area contributed by atoms with Crippen LogP contribution in [0.2, 0.25) is 0 Å². The summed E-state index contributed by atoms with van der Waals surface area (Å²) in [5.74, 6) is 0.828. The molecule has 2 amide bonds. The lowest BCUT2D eigenvalue weighted by molar-refractivity contribution is 0.0835. The zero-order chi connectivity index (χ0) is 14.5. The molecule has 2 rings (SSSR count). The van der Waals surface area contributed by atoms with Crippen LogP contribution < -0.4 is 5.32 Å². The highest BCUT2D eigenvalue weighted by Crippen LogP contribution is 2.18. The van der Waals surface area contributed by atoms with E-state index in [0.29, 0.717) is 19.6 Å². The van der Waals surface area contributed by atoms with Crippen molar-refractivity contribution in [2.45, 2.75) is 25.0 Å². The van der Waals surface area contributed by atoms with Gasteiger partial charge in [-0.3, -0.25) is 4.90 Å². The molecule has 2 N–H and O–H groups in total. The standard InChI is InChI=1S/C14H23N3O3/c1-16(2)12(13-6-4-8-20-13)9-15-14(19)17-7-3-5-11(18)10-17/h4,6,8,11-12,18H,3,5,7,9-10H2,1-2H3,(H,15,19). The molecule has 1 aromatic rings. The van der Waals surface area contributed by atoms with E-state index in [4.69, 9.17) is 4.42 Å². The van der Waals surface area contributed by atoms with E-state index in [2.05, 4.69) is 5.32 Å². The summed E-state index contributed by atoms with van der Waals surface area (Å²) in [5, 5.41) is 12.5. The van der Waals surface area contributed by atoms with Gasteiger partial charge in [0.1, 0.15) is 5.76 Å². The first-order chi connectivity index (χ1) is 9.58. The molecule has 112 valence electrons. The minimum atomic E-state index is -0.399. The third-order valence-corrected chi connectivity index (χ3v) is 3.63. The van der Waals surface area contributed by atoms with Crippen LogP contribution in [0.3, 0.4) is 0 Å². The van der Waals surface area contributed by atoms with Crippen LogP contribution in [-0.4, -0.2) is 60.8 Å². The maximum Gasteiger partial charge on any atom is 0.317 e. The topological polar surface area (TPSA) is 69.0 Å². The van der Waals surface area contributed by atoms with E-state index in [1.54, 1.807) is 11.2 Å². The molecule has 1 aromatic heterocycles. The zero-order valence-electron chi connectivity index (χ0n) is 12.1. The number of aliphatic hydroxyl groups excluding tert-OH is 1. The van der Waals surface area contributed by atoms with E-state index in [1.807, 2.05) is 31.1 Å². The molecule has 0 bridgehead atoms. The van der Waals surface area contributed by atoms with E-state index in [0.717, 1.165) is 18.6 Å². The molecule has 2 heterocycles. The molecule has 1 aliphatic heterocycles. The third kappa shape index (κ3) is 3.74. The monoisotopic (exact) mass is 281 g/mol. The van der Waals surface area contributed by atoms with Gasteiger partial charge in [-0.05, 0) is 39.1 Å². The molecule has 0 saturated carbocycles. The molecular weight excluding hydrogens is 258 g/mol. The lowest BCUT2D eigenvalue weighted by Crippen LogP contribution is -2.48. The van der Waals surface area contributed by atoms with Crippen LogP contribution in [0.5, 0.6) is 0 Å². The average molecular weight is 281 g/mol. The highest BCUT2D eigenvalue weighted by molar-refractivity contribution is 5.74. The first-order valence-electron chi connectivity index (χ1n) is 6.98. The molecule has 0 spiro atoms. The van der Waals surface area contributed by atoms with Crippen molar-refractivity contribution in [2.24, 2.45) is 0 Å². The Morgan fingerprint density at radius 1 is 1.65 bits per heavy atom. The molecule has 1 saturated heterocycles. The Labute approximate surface area is 119 Å². The third-order valence-electron chi connectivity index (χ3n) is 3.63. The number of nitrogens with one attached hydrogen (secondary N) is 1. The van der Waals surface area contributed by atoms with E-state index in [9.17, 15) is 9.90 Å². The molecule has 20 heavy (non-hydrogen) atoms. The minimum absolute atomic E-state index is 0.00339. The normalized spacial score (nSPS) is 21.0. The lowest BCUT2D eigenvalue weighted by atomic mass is 10.1. The van der Waals surface area contributed by atoms with Gasteiger partial charge >= 0.3 is 6.03 Å². The van der Waals surface area contributed by atoms with Crippen molar-refractivity contribution in [2.75, 3.05) is 33.7 Å². The SMILES string of the molecule is CN(C)C(CNC(=O)N1CCCC(O)C1)c1ccco1. The molecule has 0 aliphatic carbocycles. The maximum atomic E-state index is 12.1. The molecule has 1 fully saturated rings. The molecule has 1 aliphatic rings. The van der Waals surface area contributed by atoms with Gasteiger partial charge in [0.2, 0.25) is 0 Å². The van der Waals surface area contributed by atoms with Gasteiger partial charge in [0.25, 0.3) is 0 Å². The molecule has 0 aromatic carbocycles. The fraction of sp³-hybridized carbons (Fsp3) is 0.643. The summed E-state index contributed by atoms with van der Waals surface area (Å²) in [4.78, 5) is 15.8. The average Bonchev–Trinajstić information content (AvgIpc) is 2.92. The van der Waals surface area contributed by atoms with Gasteiger partial charge in [0.15, 0.2) is 0 Å². The summed E-state index contributed by atoms with van der Waals surface area (Å²) in [6, 6.07) is 3.63. The number of carbonyl (C=O) groups is 1. The second kappa shape index (κ2) is 6.76. The van der Waals surface area contributed by atoms with Crippen LogP contribution in [0.4, 0.5) is 4.79 Å². The van der Waals surface area contributed by atoms with Crippen LogP contribution in [0.1, 0.15) is 24.6 Å². The van der Waals surface area contributed by atoms with Crippen LogP contribution in [0.15, 0.2) is 22.8 Å². The van der Waals surface area contributed by atoms with Gasteiger partial charge in [-0.1, -0.05) is 0 Å². The zero-order valence-corrected chi connectivity index (χ0v) is 12.1. The summed E-state index contributed by atoms with van der Waals surface area (Å²) in [7, 11) is 3.90. The maximum absolute atomic E-state index is 12.1. The number of hydrogen-bond acceptors (Lipinski definition) is 4. The van der Waals surface area contributed by atoms with Gasteiger partial charge in [-0.15, -0.1) is 0 Å². The molecule has 2 unspecified atom stereocenters. The van der Waals surface area contributed by atoms with Crippen molar-refractivity contribution in [1.29, 1.82) is 0 Å². The summed E-state index contributed by atoms with van der Waals surface area (Å²) in [6.07, 6.45) is 2.86. The second-order valence-electron chi connectivity index (χ2n) is 5.42. The van der Waals surface area contributed by atoms with Crippen LogP contribution in [0.25, 0.3) is 0 Å². The number of likely N-dealkylation sites (N-methyl/N-ethyl adjacent to an activating group) is 1. The molecule has 6 nitrogen and oxygen atoms in total. The van der Waals surface area contributed by atoms with Crippen LogP contribution in [-0.2, 0) is 0 Å². The molecule has 2 atom stereocenters. The lowest BCUT2D eigenvalue weighted by Gasteiger charge is -2.31. The largest absolute Gasteiger partial charge is 0.468 e. The predicted molar refractivity (Wildman–Crippen MR) is 75.3 cm³/mol. The Hall–Kier alpha value is -1.53. The fourth-order valence-corrected chi connectivity index (χ4v) is 2.45. The smallest absolute Gasteiger partial charge is 0.317 e. The van der Waals surface area contributed by atoms with Crippen molar-refractivity contribution in [3.8, 4) is 0 Å². The highest BCUT2D eigenvalue weighted by atomic mass is 16.3. The minimum Gasteiger partial charge on any atom is -0.468 e. The van der Waals surface area contributed by atoms with Gasteiger partial charge in [-0.2, -0.15) is 0 Å². The highest BCUT2D eigenvalue weighted by Gasteiger charge is 2.23. The number of aliphatic hydroxyl groups is 1. The van der Waals surface area contributed by atoms with Crippen molar-refractivity contribution < 1.29 is 14.3 Å². The fourth-order valence-electron chi connectivity index (χ4n) is 2.45. The van der Waals surface area contributed by atoms with Gasteiger partial charge in [-0.25, -0.2) is 4.79 Å². The van der Waals surface area contributed by atoms with Crippen LogP contribution >= 0.6 is 0 Å². The van der Waals surface area contributed by atoms with Crippen molar-refractivity contribution in [3.63, 3.8) is 0 Å². The van der Waals surface area contributed by atoms with Crippen molar-refractivity contribution in [1.82, 2.24) is 15.1 Å². The van der Waals surface area contributed by atoms with Gasteiger partial charge in [0, 0.05) is 19.6 Å². The van der Waals surface area contributed by atoms with Crippen molar-refractivity contribution >= 4 is 6.03 Å². The van der Waals surface area contributed by atoms with Crippen LogP contribution in [0, 0.1) is 0 Å². The Morgan fingerprint density at radius 3 is 3.05 bits per heavy atom. The Morgan fingerprint density at radius 2 is 2.45 bits per heavy atom. The second-order valence-corrected chi connectivity index (χ2v) is 5.42. The Bertz CT molecular complexity index is 419. The number of β-amino-alcohol motifs (C(OH)–C–C–N with tert-alkyl or cyclic N) is 1. The number of carbonyl (C=O) groups excluding carboxylic acids is 1. The number of likely N-dealkylation sites (tertiary alicyclic amines) is 1. The Balaban J connectivity index is 1.87.